The van der Waals surface area contributed by atoms with E-state index in [-0.39, 0.29) is 16.6 Å². The van der Waals surface area contributed by atoms with Gasteiger partial charge in [-0.25, -0.2) is 17.8 Å². The third-order valence-corrected chi connectivity index (χ3v) is 5.81. The minimum atomic E-state index is -4.15. The first-order valence-corrected chi connectivity index (χ1v) is 10.2. The topological polar surface area (TPSA) is 92.1 Å². The Labute approximate surface area is 172 Å². The van der Waals surface area contributed by atoms with E-state index in [1.807, 2.05) is 6.07 Å². The summed E-state index contributed by atoms with van der Waals surface area (Å²) in [5.41, 5.74) is 2.45. The second kappa shape index (κ2) is 8.07. The minimum Gasteiger partial charge on any atom is -0.497 e. The molecule has 0 spiro atoms. The van der Waals surface area contributed by atoms with Crippen molar-refractivity contribution in [3.63, 3.8) is 0 Å². The number of nitriles is 1. The van der Waals surface area contributed by atoms with Crippen molar-refractivity contribution in [2.75, 3.05) is 11.8 Å². The monoisotopic (exact) mass is 431 g/mol. The van der Waals surface area contributed by atoms with Crippen LogP contribution in [0.15, 0.2) is 53.4 Å². The Balaban J connectivity index is 1.89. The third-order valence-electron chi connectivity index (χ3n) is 4.15. The first-order valence-electron chi connectivity index (χ1n) is 8.29. The van der Waals surface area contributed by atoms with E-state index in [9.17, 15) is 12.8 Å². The van der Waals surface area contributed by atoms with Gasteiger partial charge in [-0.05, 0) is 42.8 Å². The normalized spacial score (nSPS) is 11.0. The molecule has 0 fully saturated rings. The van der Waals surface area contributed by atoms with Crippen molar-refractivity contribution in [2.24, 2.45) is 0 Å². The Morgan fingerprint density at radius 3 is 2.45 bits per heavy atom. The molecular weight excluding hydrogens is 417 g/mol. The van der Waals surface area contributed by atoms with Gasteiger partial charge in [-0.3, -0.25) is 4.72 Å². The lowest BCUT2D eigenvalue weighted by Gasteiger charge is -2.11. The van der Waals surface area contributed by atoms with Crippen molar-refractivity contribution in [1.82, 2.24) is 4.98 Å². The van der Waals surface area contributed by atoms with Gasteiger partial charge in [-0.2, -0.15) is 5.26 Å². The van der Waals surface area contributed by atoms with Gasteiger partial charge in [0, 0.05) is 17.3 Å². The predicted octanol–water partition coefficient (Wildman–Crippen LogP) is 4.53. The molecule has 3 rings (SSSR count). The van der Waals surface area contributed by atoms with Crippen molar-refractivity contribution in [3.05, 3.63) is 70.6 Å². The molecule has 0 bridgehead atoms. The first-order chi connectivity index (χ1) is 13.7. The average molecular weight is 432 g/mol. The van der Waals surface area contributed by atoms with Crippen LogP contribution in [-0.2, 0) is 10.0 Å². The van der Waals surface area contributed by atoms with Crippen LogP contribution in [0.25, 0.3) is 11.3 Å². The Hall–Kier alpha value is -3.15. The highest BCUT2D eigenvalue weighted by Crippen LogP contribution is 2.27. The fraction of sp³-hybridized carbons (Fsp3) is 0.100. The number of pyridine rings is 1. The van der Waals surface area contributed by atoms with Crippen molar-refractivity contribution < 1.29 is 17.5 Å². The molecule has 0 saturated heterocycles. The van der Waals surface area contributed by atoms with Gasteiger partial charge in [0.25, 0.3) is 10.0 Å². The lowest BCUT2D eigenvalue weighted by molar-refractivity contribution is 0.411. The predicted molar refractivity (Wildman–Crippen MR) is 108 cm³/mol. The number of hydrogen-bond donors (Lipinski definition) is 1. The van der Waals surface area contributed by atoms with Crippen LogP contribution in [0.1, 0.15) is 11.1 Å². The van der Waals surface area contributed by atoms with E-state index in [1.165, 1.54) is 25.3 Å². The Morgan fingerprint density at radius 1 is 1.17 bits per heavy atom. The summed E-state index contributed by atoms with van der Waals surface area (Å²) >= 11 is 6.04. The number of rotatable bonds is 5. The molecule has 148 valence electrons. The fourth-order valence-electron chi connectivity index (χ4n) is 2.65. The molecule has 0 radical (unpaired) electrons. The maximum atomic E-state index is 14.0. The number of methoxy groups -OCH3 is 1. The maximum Gasteiger partial charge on any atom is 0.264 e. The number of halogens is 2. The summed E-state index contributed by atoms with van der Waals surface area (Å²) in [5.74, 6) is -0.664. The molecule has 0 aliphatic carbocycles. The van der Waals surface area contributed by atoms with Crippen molar-refractivity contribution in [2.45, 2.75) is 11.8 Å². The summed E-state index contributed by atoms with van der Waals surface area (Å²) in [6.45, 7) is 1.75. The van der Waals surface area contributed by atoms with Crippen LogP contribution in [-0.4, -0.2) is 20.5 Å². The SMILES string of the molecule is COc1ccc(F)c(S(=O)(=O)Nc2ccc(-c3cc(C)c(C#N)c(Cl)n3)cc2)c1. The van der Waals surface area contributed by atoms with Crippen molar-refractivity contribution in [3.8, 4) is 23.1 Å². The number of aromatic nitrogens is 1. The molecule has 0 amide bonds. The molecule has 1 heterocycles. The third kappa shape index (κ3) is 4.31. The highest BCUT2D eigenvalue weighted by Gasteiger charge is 2.20. The van der Waals surface area contributed by atoms with Gasteiger partial charge in [-0.15, -0.1) is 0 Å². The molecule has 29 heavy (non-hydrogen) atoms. The molecule has 1 aromatic heterocycles. The Kier molecular flexibility index (Phi) is 5.73. The van der Waals surface area contributed by atoms with E-state index >= 15 is 0 Å². The lowest BCUT2D eigenvalue weighted by atomic mass is 10.1. The Bertz CT molecular complexity index is 1200. The van der Waals surface area contributed by atoms with Gasteiger partial charge in [0.05, 0.1) is 18.4 Å². The summed E-state index contributed by atoms with van der Waals surface area (Å²) < 4.78 is 46.4. The molecule has 0 aliphatic heterocycles. The molecular formula is C20H15ClFN3O3S. The number of anilines is 1. The van der Waals surface area contributed by atoms with E-state index in [1.54, 1.807) is 25.1 Å². The first kappa shape index (κ1) is 20.6. The van der Waals surface area contributed by atoms with Crippen LogP contribution in [0.5, 0.6) is 5.75 Å². The zero-order valence-corrected chi connectivity index (χ0v) is 17.0. The quantitative estimate of drug-likeness (QED) is 0.599. The molecule has 3 aromatic rings. The number of nitrogens with one attached hydrogen (secondary N) is 1. The highest BCUT2D eigenvalue weighted by atomic mass is 35.5. The molecule has 0 aliphatic rings. The fourth-order valence-corrected chi connectivity index (χ4v) is 4.09. The van der Waals surface area contributed by atoms with Crippen LogP contribution < -0.4 is 9.46 Å². The Morgan fingerprint density at radius 2 is 1.86 bits per heavy atom. The van der Waals surface area contributed by atoms with E-state index in [4.69, 9.17) is 21.6 Å². The molecule has 1 N–H and O–H groups in total. The number of benzene rings is 2. The van der Waals surface area contributed by atoms with Crippen molar-refractivity contribution in [1.29, 1.82) is 5.26 Å². The van der Waals surface area contributed by atoms with E-state index in [0.29, 0.717) is 22.4 Å². The van der Waals surface area contributed by atoms with Gasteiger partial charge in [0.1, 0.15) is 27.7 Å². The van der Waals surface area contributed by atoms with E-state index in [2.05, 4.69) is 9.71 Å². The van der Waals surface area contributed by atoms with Gasteiger partial charge in [-0.1, -0.05) is 23.7 Å². The summed E-state index contributed by atoms with van der Waals surface area (Å²) in [5, 5.41) is 9.18. The molecule has 0 unspecified atom stereocenters. The summed E-state index contributed by atoms with van der Waals surface area (Å²) in [4.78, 5) is 3.68. The second-order valence-electron chi connectivity index (χ2n) is 6.08. The average Bonchev–Trinajstić information content (AvgIpc) is 2.68. The smallest absolute Gasteiger partial charge is 0.264 e. The van der Waals surface area contributed by atoms with Crippen LogP contribution in [0.3, 0.4) is 0 Å². The standard InChI is InChI=1S/C20H15ClFN3O3S/c1-12-9-18(24-20(21)16(12)11-23)13-3-5-14(6-4-13)25-29(26,27)19-10-15(28-2)7-8-17(19)22/h3-10,25H,1-2H3. The number of aryl methyl sites for hydroxylation is 1. The summed E-state index contributed by atoms with van der Waals surface area (Å²) in [7, 11) is -2.79. The molecule has 2 aromatic carbocycles. The lowest BCUT2D eigenvalue weighted by Crippen LogP contribution is -2.14. The zero-order chi connectivity index (χ0) is 21.2. The second-order valence-corrected chi connectivity index (χ2v) is 8.09. The van der Waals surface area contributed by atoms with Gasteiger partial charge in [0.2, 0.25) is 0 Å². The number of hydrogen-bond acceptors (Lipinski definition) is 5. The van der Waals surface area contributed by atoms with Crippen molar-refractivity contribution >= 4 is 27.3 Å². The summed E-state index contributed by atoms with van der Waals surface area (Å²) in [6, 6.07) is 13.5. The minimum absolute atomic E-state index is 0.0979. The molecule has 0 saturated carbocycles. The van der Waals surface area contributed by atoms with Gasteiger partial charge in [0.15, 0.2) is 0 Å². The number of sulfonamides is 1. The maximum absolute atomic E-state index is 14.0. The zero-order valence-electron chi connectivity index (χ0n) is 15.4. The highest BCUT2D eigenvalue weighted by molar-refractivity contribution is 7.92. The molecule has 0 atom stereocenters. The number of nitrogens with zero attached hydrogens (tertiary/aromatic N) is 2. The largest absolute Gasteiger partial charge is 0.497 e. The van der Waals surface area contributed by atoms with E-state index in [0.717, 1.165) is 12.1 Å². The van der Waals surface area contributed by atoms with Gasteiger partial charge < -0.3 is 4.74 Å². The van der Waals surface area contributed by atoms with Crippen LogP contribution in [0.2, 0.25) is 5.15 Å². The number of ether oxygens (including phenoxy) is 1. The summed E-state index contributed by atoms with van der Waals surface area (Å²) in [6.07, 6.45) is 0. The van der Waals surface area contributed by atoms with Crippen LogP contribution >= 0.6 is 11.6 Å². The van der Waals surface area contributed by atoms with Crippen LogP contribution in [0.4, 0.5) is 10.1 Å². The molecule has 6 nitrogen and oxygen atoms in total. The van der Waals surface area contributed by atoms with E-state index < -0.39 is 20.7 Å². The molecule has 9 heteroatoms. The van der Waals surface area contributed by atoms with Crippen LogP contribution in [0, 0.1) is 24.1 Å². The van der Waals surface area contributed by atoms with Gasteiger partial charge >= 0.3 is 0 Å².